The Bertz CT molecular complexity index is 532. The molecule has 0 radical (unpaired) electrons. The Morgan fingerprint density at radius 3 is 2.63 bits per heavy atom. The standard InChI is InChI=1S/C13H19ClN2O2S/c1-2-15-10-11-9-12(14)3-4-13(11)16-5-7-19(17,18)8-6-16/h3-4,9,15H,2,5-8,10H2,1H3. The van der Waals surface area contributed by atoms with Gasteiger partial charge in [-0.1, -0.05) is 18.5 Å². The number of nitrogens with zero attached hydrogens (tertiary/aromatic N) is 1. The van der Waals surface area contributed by atoms with Crippen LogP contribution in [0.25, 0.3) is 0 Å². The minimum absolute atomic E-state index is 0.232. The lowest BCUT2D eigenvalue weighted by Gasteiger charge is -2.30. The second-order valence-corrected chi connectivity index (χ2v) is 7.43. The van der Waals surface area contributed by atoms with E-state index in [0.29, 0.717) is 18.1 Å². The molecular weight excluding hydrogens is 284 g/mol. The van der Waals surface area contributed by atoms with E-state index >= 15 is 0 Å². The van der Waals surface area contributed by atoms with Gasteiger partial charge >= 0.3 is 0 Å². The van der Waals surface area contributed by atoms with Crippen LogP contribution >= 0.6 is 11.6 Å². The lowest BCUT2D eigenvalue weighted by molar-refractivity contribution is 0.586. The molecule has 0 atom stereocenters. The number of hydrogen-bond donors (Lipinski definition) is 1. The zero-order valence-corrected chi connectivity index (χ0v) is 12.6. The van der Waals surface area contributed by atoms with Gasteiger partial charge < -0.3 is 10.2 Å². The molecule has 1 N–H and O–H groups in total. The van der Waals surface area contributed by atoms with E-state index in [-0.39, 0.29) is 11.5 Å². The van der Waals surface area contributed by atoms with Crippen molar-refractivity contribution in [1.29, 1.82) is 0 Å². The van der Waals surface area contributed by atoms with Gasteiger partial charge in [-0.05, 0) is 30.3 Å². The van der Waals surface area contributed by atoms with Gasteiger partial charge in [-0.25, -0.2) is 8.42 Å². The van der Waals surface area contributed by atoms with Gasteiger partial charge in [0.1, 0.15) is 0 Å². The van der Waals surface area contributed by atoms with Gasteiger partial charge in [-0.3, -0.25) is 0 Å². The summed E-state index contributed by atoms with van der Waals surface area (Å²) in [6.07, 6.45) is 0. The van der Waals surface area contributed by atoms with Crippen LogP contribution in [-0.4, -0.2) is 39.6 Å². The van der Waals surface area contributed by atoms with Gasteiger partial charge in [0, 0.05) is 30.3 Å². The smallest absolute Gasteiger partial charge is 0.153 e. The van der Waals surface area contributed by atoms with Crippen molar-refractivity contribution in [3.05, 3.63) is 28.8 Å². The monoisotopic (exact) mass is 302 g/mol. The van der Waals surface area contributed by atoms with Gasteiger partial charge in [-0.2, -0.15) is 0 Å². The number of nitrogens with one attached hydrogen (secondary N) is 1. The molecular formula is C13H19ClN2O2S. The topological polar surface area (TPSA) is 49.4 Å². The highest BCUT2D eigenvalue weighted by molar-refractivity contribution is 7.91. The van der Waals surface area contributed by atoms with Gasteiger partial charge in [0.15, 0.2) is 9.84 Å². The van der Waals surface area contributed by atoms with Crippen molar-refractivity contribution in [2.75, 3.05) is 36.0 Å². The summed E-state index contributed by atoms with van der Waals surface area (Å²) in [6, 6.07) is 5.78. The molecule has 1 heterocycles. The van der Waals surface area contributed by atoms with E-state index < -0.39 is 9.84 Å². The van der Waals surface area contributed by atoms with Crippen LogP contribution in [0, 0.1) is 0 Å². The van der Waals surface area contributed by atoms with Gasteiger partial charge in [-0.15, -0.1) is 0 Å². The molecule has 4 nitrogen and oxygen atoms in total. The van der Waals surface area contributed by atoms with Crippen molar-refractivity contribution in [3.8, 4) is 0 Å². The van der Waals surface area contributed by atoms with Gasteiger partial charge in [0.05, 0.1) is 11.5 Å². The first-order valence-electron chi connectivity index (χ1n) is 6.46. The van der Waals surface area contributed by atoms with E-state index in [9.17, 15) is 8.42 Å². The fourth-order valence-corrected chi connectivity index (χ4v) is 3.61. The van der Waals surface area contributed by atoms with Crippen LogP contribution < -0.4 is 10.2 Å². The summed E-state index contributed by atoms with van der Waals surface area (Å²) in [4.78, 5) is 2.13. The highest BCUT2D eigenvalue weighted by Crippen LogP contribution is 2.25. The summed E-state index contributed by atoms with van der Waals surface area (Å²) in [6.45, 7) is 4.81. The maximum absolute atomic E-state index is 11.5. The van der Waals surface area contributed by atoms with Gasteiger partial charge in [0.25, 0.3) is 0 Å². The summed E-state index contributed by atoms with van der Waals surface area (Å²) < 4.78 is 23.0. The molecule has 1 saturated heterocycles. The lowest BCUT2D eigenvalue weighted by Crippen LogP contribution is -2.40. The second kappa shape index (κ2) is 6.11. The third-order valence-corrected chi connectivity index (χ3v) is 5.14. The first kappa shape index (κ1) is 14.6. The summed E-state index contributed by atoms with van der Waals surface area (Å²) in [7, 11) is -2.84. The molecule has 0 spiro atoms. The maximum atomic E-state index is 11.5. The molecule has 0 bridgehead atoms. The molecule has 2 rings (SSSR count). The van der Waals surface area contributed by atoms with Crippen LogP contribution in [0.2, 0.25) is 5.02 Å². The summed E-state index contributed by atoms with van der Waals surface area (Å²) in [5.41, 5.74) is 2.20. The Labute approximate surface area is 119 Å². The highest BCUT2D eigenvalue weighted by atomic mass is 35.5. The molecule has 0 aliphatic carbocycles. The molecule has 1 aromatic carbocycles. The van der Waals surface area contributed by atoms with Crippen molar-refractivity contribution < 1.29 is 8.42 Å². The largest absolute Gasteiger partial charge is 0.369 e. The second-order valence-electron chi connectivity index (χ2n) is 4.69. The molecule has 1 aliphatic heterocycles. The average Bonchev–Trinajstić information content (AvgIpc) is 2.37. The van der Waals surface area contributed by atoms with E-state index in [1.165, 1.54) is 0 Å². The third kappa shape index (κ3) is 3.84. The number of rotatable bonds is 4. The molecule has 0 aromatic heterocycles. The molecule has 1 fully saturated rings. The van der Waals surface area contributed by atoms with Crippen LogP contribution in [0.3, 0.4) is 0 Å². The van der Waals surface area contributed by atoms with Crippen molar-refractivity contribution in [3.63, 3.8) is 0 Å². The van der Waals surface area contributed by atoms with Crippen molar-refractivity contribution in [1.82, 2.24) is 5.32 Å². The molecule has 0 unspecified atom stereocenters. The minimum Gasteiger partial charge on any atom is -0.369 e. The fraction of sp³-hybridized carbons (Fsp3) is 0.538. The Hall–Kier alpha value is -0.780. The molecule has 0 amide bonds. The Morgan fingerprint density at radius 2 is 2.00 bits per heavy atom. The molecule has 106 valence electrons. The minimum atomic E-state index is -2.84. The molecule has 1 aromatic rings. The van der Waals surface area contributed by atoms with E-state index in [0.717, 1.165) is 24.3 Å². The fourth-order valence-electron chi connectivity index (χ4n) is 2.22. The van der Waals surface area contributed by atoms with Crippen LogP contribution in [0.4, 0.5) is 5.69 Å². The van der Waals surface area contributed by atoms with Crippen LogP contribution in [0.15, 0.2) is 18.2 Å². The van der Waals surface area contributed by atoms with Crippen LogP contribution in [0.1, 0.15) is 12.5 Å². The van der Waals surface area contributed by atoms with Crippen molar-refractivity contribution in [2.45, 2.75) is 13.5 Å². The third-order valence-electron chi connectivity index (χ3n) is 3.29. The number of anilines is 1. The zero-order chi connectivity index (χ0) is 13.9. The number of sulfone groups is 1. The molecule has 6 heteroatoms. The molecule has 1 aliphatic rings. The summed E-state index contributed by atoms with van der Waals surface area (Å²) in [5, 5.41) is 3.99. The Morgan fingerprint density at radius 1 is 1.32 bits per heavy atom. The average molecular weight is 303 g/mol. The van der Waals surface area contributed by atoms with Crippen LogP contribution in [0.5, 0.6) is 0 Å². The first-order valence-corrected chi connectivity index (χ1v) is 8.66. The van der Waals surface area contributed by atoms with E-state index in [1.807, 2.05) is 18.2 Å². The van der Waals surface area contributed by atoms with Crippen molar-refractivity contribution in [2.24, 2.45) is 0 Å². The quantitative estimate of drug-likeness (QED) is 0.919. The lowest BCUT2D eigenvalue weighted by atomic mass is 10.1. The Kier molecular flexibility index (Phi) is 4.71. The highest BCUT2D eigenvalue weighted by Gasteiger charge is 2.23. The predicted molar refractivity (Wildman–Crippen MR) is 79.7 cm³/mol. The SMILES string of the molecule is CCNCc1cc(Cl)ccc1N1CCS(=O)(=O)CC1. The molecule has 0 saturated carbocycles. The summed E-state index contributed by atoms with van der Waals surface area (Å²) >= 11 is 6.04. The Balaban J connectivity index is 2.19. The van der Waals surface area contributed by atoms with Crippen LogP contribution in [-0.2, 0) is 16.4 Å². The maximum Gasteiger partial charge on any atom is 0.153 e. The van der Waals surface area contributed by atoms with Crippen molar-refractivity contribution >= 4 is 27.1 Å². The van der Waals surface area contributed by atoms with Gasteiger partial charge in [0.2, 0.25) is 0 Å². The predicted octanol–water partition coefficient (Wildman–Crippen LogP) is 1.68. The number of hydrogen-bond acceptors (Lipinski definition) is 4. The summed E-state index contributed by atoms with van der Waals surface area (Å²) in [5.74, 6) is 0.465. The number of benzene rings is 1. The van der Waals surface area contributed by atoms with E-state index in [2.05, 4.69) is 17.1 Å². The van der Waals surface area contributed by atoms with E-state index in [4.69, 9.17) is 11.6 Å². The van der Waals surface area contributed by atoms with E-state index in [1.54, 1.807) is 0 Å². The molecule has 19 heavy (non-hydrogen) atoms. The first-order chi connectivity index (χ1) is 9.02. The zero-order valence-electron chi connectivity index (χ0n) is 11.0. The normalized spacial score (nSPS) is 18.5. The number of halogens is 1.